The third kappa shape index (κ3) is 5.76. The molecule has 15 heteroatoms. The van der Waals surface area contributed by atoms with Crippen molar-refractivity contribution in [3.63, 3.8) is 0 Å². The van der Waals surface area contributed by atoms with Crippen molar-refractivity contribution in [2.24, 2.45) is 0 Å². The predicted molar refractivity (Wildman–Crippen MR) is 201 cm³/mol. The molecular formula is C39H38N10O5. The van der Waals surface area contributed by atoms with Crippen LogP contribution in [-0.2, 0) is 29.1 Å². The number of anilines is 4. The third-order valence-electron chi connectivity index (χ3n) is 10.8. The van der Waals surface area contributed by atoms with E-state index < -0.39 is 18.1 Å². The van der Waals surface area contributed by atoms with Gasteiger partial charge in [0.25, 0.3) is 11.5 Å². The summed E-state index contributed by atoms with van der Waals surface area (Å²) < 4.78 is 3.18. The van der Waals surface area contributed by atoms with Crippen LogP contribution in [0.5, 0.6) is 0 Å². The molecule has 0 saturated carbocycles. The lowest BCUT2D eigenvalue weighted by Crippen LogP contribution is -2.52. The van der Waals surface area contributed by atoms with Crippen LogP contribution in [0, 0.1) is 0 Å². The highest BCUT2D eigenvalue weighted by Crippen LogP contribution is 2.33. The van der Waals surface area contributed by atoms with E-state index in [4.69, 9.17) is 9.97 Å². The van der Waals surface area contributed by atoms with Crippen molar-refractivity contribution >= 4 is 51.8 Å². The number of hydrogen-bond donors (Lipinski definition) is 3. The number of nitrogens with one attached hydrogen (secondary N) is 2. The van der Waals surface area contributed by atoms with Gasteiger partial charge in [-0.05, 0) is 78.9 Å². The Morgan fingerprint density at radius 3 is 2.41 bits per heavy atom. The number of aromatic nitrogens is 5. The average molecular weight is 727 g/mol. The summed E-state index contributed by atoms with van der Waals surface area (Å²) in [5.74, 6) is -0.0608. The second-order valence-electron chi connectivity index (χ2n) is 14.1. The van der Waals surface area contributed by atoms with Crippen LogP contribution in [0.15, 0.2) is 78.2 Å². The number of aryl methyl sites for hydroxylation is 1. The van der Waals surface area contributed by atoms with Crippen molar-refractivity contribution in [3.05, 3.63) is 106 Å². The van der Waals surface area contributed by atoms with Crippen LogP contribution < -0.4 is 26.0 Å². The summed E-state index contributed by atoms with van der Waals surface area (Å²) in [5.41, 5.74) is 6.18. The van der Waals surface area contributed by atoms with E-state index in [1.165, 1.54) is 10.9 Å². The van der Waals surface area contributed by atoms with Crippen molar-refractivity contribution in [2.75, 3.05) is 41.3 Å². The lowest BCUT2D eigenvalue weighted by molar-refractivity contribution is -0.136. The zero-order valence-electron chi connectivity index (χ0n) is 29.4. The fraction of sp³-hybridized carbons (Fsp3) is 0.308. The Morgan fingerprint density at radius 2 is 1.65 bits per heavy atom. The maximum Gasteiger partial charge on any atom is 0.278 e. The van der Waals surface area contributed by atoms with Crippen LogP contribution in [0.4, 0.5) is 23.0 Å². The number of hydrogen-bond acceptors (Lipinski definition) is 11. The normalized spacial score (nSPS) is 19.6. The molecule has 3 aromatic heterocycles. The summed E-state index contributed by atoms with van der Waals surface area (Å²) in [7, 11) is 0. The summed E-state index contributed by atoms with van der Waals surface area (Å²) in [6.45, 7) is 7.61. The van der Waals surface area contributed by atoms with E-state index in [-0.39, 0.29) is 30.3 Å². The number of amides is 3. The highest BCUT2D eigenvalue weighted by Gasteiger charge is 2.39. The molecule has 3 N–H and O–H groups in total. The second kappa shape index (κ2) is 13.3. The molecule has 2 unspecified atom stereocenters. The van der Waals surface area contributed by atoms with Gasteiger partial charge in [0, 0.05) is 68.0 Å². The molecule has 2 saturated heterocycles. The van der Waals surface area contributed by atoms with Crippen molar-refractivity contribution in [1.29, 1.82) is 0 Å². The molecule has 4 aliphatic rings. The largest absolute Gasteiger partial charge is 0.387 e. The maximum absolute atomic E-state index is 13.4. The second-order valence-corrected chi connectivity index (χ2v) is 14.1. The Balaban J connectivity index is 0.872. The molecule has 15 nitrogen and oxygen atoms in total. The number of piperidine rings is 1. The van der Waals surface area contributed by atoms with Gasteiger partial charge in [-0.25, -0.2) is 19.3 Å². The van der Waals surface area contributed by atoms with Gasteiger partial charge in [-0.3, -0.25) is 24.5 Å². The Bertz CT molecular complexity index is 2410. The summed E-state index contributed by atoms with van der Waals surface area (Å²) in [6.07, 6.45) is 4.48. The third-order valence-corrected chi connectivity index (χ3v) is 10.8. The number of benzene rings is 2. The van der Waals surface area contributed by atoms with Crippen LogP contribution in [0.1, 0.15) is 52.5 Å². The first kappa shape index (κ1) is 33.5. The van der Waals surface area contributed by atoms with Gasteiger partial charge in [0.1, 0.15) is 11.4 Å². The number of rotatable bonds is 8. The first-order valence-corrected chi connectivity index (χ1v) is 18.2. The molecule has 0 spiro atoms. The molecule has 1 aliphatic carbocycles. The van der Waals surface area contributed by atoms with E-state index in [1.54, 1.807) is 15.7 Å². The quantitative estimate of drug-likeness (QED) is 0.159. The van der Waals surface area contributed by atoms with Crippen LogP contribution >= 0.6 is 0 Å². The number of aliphatic hydroxyl groups excluding tert-OH is 1. The smallest absolute Gasteiger partial charge is 0.278 e. The minimum atomic E-state index is -0.639. The van der Waals surface area contributed by atoms with E-state index in [1.807, 2.05) is 36.4 Å². The number of allylic oxidation sites excluding steroid dienone is 1. The number of aliphatic hydroxyl groups is 1. The van der Waals surface area contributed by atoms with E-state index in [0.29, 0.717) is 53.4 Å². The number of carbonyl (C=O) groups excluding carboxylic acids is 3. The summed E-state index contributed by atoms with van der Waals surface area (Å²) >= 11 is 0. The Hall–Kier alpha value is -6.35. The molecule has 274 valence electrons. The molecular weight excluding hydrogens is 688 g/mol. The fourth-order valence-electron chi connectivity index (χ4n) is 8.01. The molecule has 0 bridgehead atoms. The zero-order valence-corrected chi connectivity index (χ0v) is 29.4. The molecule has 0 radical (unpaired) electrons. The number of carbonyl (C=O) groups is 3. The lowest BCUT2D eigenvalue weighted by atomic mass is 10.0. The van der Waals surface area contributed by atoms with Gasteiger partial charge < -0.3 is 25.1 Å². The van der Waals surface area contributed by atoms with Crippen LogP contribution in [0.3, 0.4) is 0 Å². The molecule has 3 aliphatic heterocycles. The van der Waals surface area contributed by atoms with E-state index in [0.717, 1.165) is 60.8 Å². The standard InChI is InChI=1S/C39H38N10O5/c1-2-15-48-38(54)29-21-40-39(44-35(29)49(48)32-13-4-23-3-12-31(50)34(23)42-32)41-25-5-7-26(8-6-25)45-16-18-46(19-17-45)27-9-10-28-24(20-27)22-47(37(28)53)30-11-14-33(51)43-36(30)52/h2,4-10,13,20-21,30-31,50H,1,3,11-12,14-19,22H2,(H,40,41,44)(H,43,51,52). The molecule has 2 fully saturated rings. The lowest BCUT2D eigenvalue weighted by Gasteiger charge is -2.37. The Kier molecular flexibility index (Phi) is 8.22. The summed E-state index contributed by atoms with van der Waals surface area (Å²) in [4.78, 5) is 70.7. The summed E-state index contributed by atoms with van der Waals surface area (Å²) in [5, 5.41) is 16.5. The fourth-order valence-corrected chi connectivity index (χ4v) is 8.01. The van der Waals surface area contributed by atoms with Gasteiger partial charge in [0.05, 0.1) is 18.3 Å². The number of nitrogens with zero attached hydrogens (tertiary/aromatic N) is 8. The highest BCUT2D eigenvalue weighted by atomic mass is 16.3. The Morgan fingerprint density at radius 1 is 0.889 bits per heavy atom. The minimum Gasteiger partial charge on any atom is -0.387 e. The molecule has 6 heterocycles. The average Bonchev–Trinajstić information content (AvgIpc) is 3.81. The van der Waals surface area contributed by atoms with Crippen molar-refractivity contribution < 1.29 is 19.5 Å². The number of fused-ring (bicyclic) bond motifs is 3. The van der Waals surface area contributed by atoms with Crippen LogP contribution in [-0.4, -0.2) is 84.3 Å². The van der Waals surface area contributed by atoms with Gasteiger partial charge >= 0.3 is 0 Å². The topological polar surface area (TPSA) is 171 Å². The van der Waals surface area contributed by atoms with Gasteiger partial charge in [0.15, 0.2) is 11.5 Å². The predicted octanol–water partition coefficient (Wildman–Crippen LogP) is 2.97. The van der Waals surface area contributed by atoms with Crippen molar-refractivity contribution in [1.82, 2.24) is 34.5 Å². The monoisotopic (exact) mass is 726 g/mol. The molecule has 2 atom stereocenters. The first-order chi connectivity index (χ1) is 26.2. The molecule has 2 aromatic carbocycles. The molecule has 5 aromatic rings. The van der Waals surface area contributed by atoms with Crippen LogP contribution in [0.25, 0.3) is 16.9 Å². The van der Waals surface area contributed by atoms with E-state index in [2.05, 4.69) is 50.2 Å². The SMILES string of the molecule is C=CCn1c(=O)c2cnc(Nc3ccc(N4CCN(c5ccc6c(c5)CN(C5CCC(=O)NC5=O)C6=O)CC4)cc3)nc2n1-c1ccc2c(n1)C(O)CC2. The van der Waals surface area contributed by atoms with Gasteiger partial charge in [0.2, 0.25) is 17.8 Å². The summed E-state index contributed by atoms with van der Waals surface area (Å²) in [6, 6.07) is 17.1. The number of pyridine rings is 1. The minimum absolute atomic E-state index is 0.169. The van der Waals surface area contributed by atoms with Crippen LogP contribution in [0.2, 0.25) is 0 Å². The van der Waals surface area contributed by atoms with Crippen molar-refractivity contribution in [2.45, 2.75) is 50.9 Å². The van der Waals surface area contributed by atoms with Gasteiger partial charge in [-0.15, -0.1) is 6.58 Å². The number of piperazine rings is 1. The Labute approximate surface area is 309 Å². The zero-order chi connectivity index (χ0) is 37.1. The van der Waals surface area contributed by atoms with Crippen molar-refractivity contribution in [3.8, 4) is 5.82 Å². The number of imide groups is 1. The van der Waals surface area contributed by atoms with E-state index in [9.17, 15) is 24.3 Å². The highest BCUT2D eigenvalue weighted by molar-refractivity contribution is 6.05. The van der Waals surface area contributed by atoms with Gasteiger partial charge in [-0.2, -0.15) is 4.98 Å². The molecule has 54 heavy (non-hydrogen) atoms. The molecule has 9 rings (SSSR count). The first-order valence-electron chi connectivity index (χ1n) is 18.2. The maximum atomic E-state index is 13.4. The molecule has 3 amide bonds. The van der Waals surface area contributed by atoms with E-state index >= 15 is 0 Å². The van der Waals surface area contributed by atoms with Gasteiger partial charge in [-0.1, -0.05) is 12.1 Å².